The number of benzene rings is 1. The van der Waals surface area contributed by atoms with Gasteiger partial charge in [0.15, 0.2) is 5.13 Å². The van der Waals surface area contributed by atoms with E-state index in [4.69, 9.17) is 4.74 Å². The van der Waals surface area contributed by atoms with Gasteiger partial charge in [-0.1, -0.05) is 17.4 Å². The van der Waals surface area contributed by atoms with Crippen LogP contribution in [0.3, 0.4) is 0 Å². The van der Waals surface area contributed by atoms with E-state index in [1.807, 2.05) is 0 Å². The average Bonchev–Trinajstić information content (AvgIpc) is 2.81. The minimum Gasteiger partial charge on any atom is -0.383 e. The number of hydrogen-bond acceptors (Lipinski definition) is 5. The van der Waals surface area contributed by atoms with Gasteiger partial charge in [-0.2, -0.15) is 0 Å². The smallest absolute Gasteiger partial charge is 0.221 e. The van der Waals surface area contributed by atoms with Crippen molar-refractivity contribution in [1.29, 1.82) is 0 Å². The monoisotopic (exact) mass is 293 g/mol. The molecule has 2 rings (SSSR count). The molecular formula is C14H19N3O2S. The van der Waals surface area contributed by atoms with Crippen molar-refractivity contribution in [3.63, 3.8) is 0 Å². The Morgan fingerprint density at radius 2 is 2.25 bits per heavy atom. The van der Waals surface area contributed by atoms with Crippen molar-refractivity contribution >= 4 is 32.6 Å². The largest absolute Gasteiger partial charge is 0.383 e. The summed E-state index contributed by atoms with van der Waals surface area (Å²) >= 11 is 1.61. The number of nitrogens with zero attached hydrogens (tertiary/aromatic N) is 1. The first-order valence-corrected chi connectivity index (χ1v) is 7.37. The molecule has 0 fully saturated rings. The summed E-state index contributed by atoms with van der Waals surface area (Å²) in [6.45, 7) is 3.72. The molecule has 0 radical (unpaired) electrons. The van der Waals surface area contributed by atoms with Crippen LogP contribution in [0.4, 0.5) is 5.13 Å². The summed E-state index contributed by atoms with van der Waals surface area (Å²) in [5.74, 6) is 0.0199. The number of carbonyl (C=O) groups is 1. The van der Waals surface area contributed by atoms with E-state index in [1.54, 1.807) is 18.4 Å². The van der Waals surface area contributed by atoms with Gasteiger partial charge in [0.2, 0.25) is 5.91 Å². The lowest BCUT2D eigenvalue weighted by Crippen LogP contribution is -2.28. The second kappa shape index (κ2) is 7.21. The maximum Gasteiger partial charge on any atom is 0.221 e. The van der Waals surface area contributed by atoms with E-state index in [9.17, 15) is 4.79 Å². The molecule has 0 bridgehead atoms. The zero-order valence-electron chi connectivity index (χ0n) is 11.7. The number of carbonyl (C=O) groups excluding carboxylic acids is 1. The Kier molecular flexibility index (Phi) is 5.31. The molecule has 1 aromatic carbocycles. The van der Waals surface area contributed by atoms with E-state index >= 15 is 0 Å². The quantitative estimate of drug-likeness (QED) is 0.768. The van der Waals surface area contributed by atoms with Crippen LogP contribution in [0.5, 0.6) is 0 Å². The Balaban J connectivity index is 1.79. The molecule has 0 unspecified atom stereocenters. The van der Waals surface area contributed by atoms with Gasteiger partial charge in [-0.05, 0) is 24.6 Å². The molecule has 6 heteroatoms. The first-order chi connectivity index (χ1) is 9.69. The molecule has 5 nitrogen and oxygen atoms in total. The van der Waals surface area contributed by atoms with E-state index < -0.39 is 0 Å². The molecule has 0 saturated heterocycles. The molecule has 0 atom stereocenters. The SMILES string of the molecule is COCCNC(=O)CCNc1nc2cc(C)ccc2s1. The topological polar surface area (TPSA) is 63.2 Å². The Morgan fingerprint density at radius 3 is 3.05 bits per heavy atom. The summed E-state index contributed by atoms with van der Waals surface area (Å²) < 4.78 is 6.03. The summed E-state index contributed by atoms with van der Waals surface area (Å²) in [5, 5.41) is 6.83. The third-order valence-corrected chi connectivity index (χ3v) is 3.79. The fourth-order valence-electron chi connectivity index (χ4n) is 1.78. The van der Waals surface area contributed by atoms with Crippen LogP contribution >= 0.6 is 11.3 Å². The zero-order chi connectivity index (χ0) is 14.4. The zero-order valence-corrected chi connectivity index (χ0v) is 12.5. The van der Waals surface area contributed by atoms with Crippen LogP contribution in [-0.2, 0) is 9.53 Å². The van der Waals surface area contributed by atoms with E-state index in [-0.39, 0.29) is 5.91 Å². The van der Waals surface area contributed by atoms with Crippen molar-refractivity contribution < 1.29 is 9.53 Å². The lowest BCUT2D eigenvalue weighted by Gasteiger charge is -2.04. The van der Waals surface area contributed by atoms with Crippen LogP contribution in [0, 0.1) is 6.92 Å². The standard InChI is InChI=1S/C14H19N3O2S/c1-10-3-4-12-11(9-10)17-14(20-12)16-6-5-13(18)15-7-8-19-2/h3-4,9H,5-8H2,1-2H3,(H,15,18)(H,16,17). The van der Waals surface area contributed by atoms with Gasteiger partial charge < -0.3 is 15.4 Å². The number of ether oxygens (including phenoxy) is 1. The average molecular weight is 293 g/mol. The number of hydrogen-bond donors (Lipinski definition) is 2. The molecule has 0 saturated carbocycles. The van der Waals surface area contributed by atoms with Crippen molar-refractivity contribution in [3.8, 4) is 0 Å². The number of thiazole rings is 1. The Labute approximate surface area is 122 Å². The second-order valence-corrected chi connectivity index (χ2v) is 5.54. The predicted octanol–water partition coefficient (Wildman–Crippen LogP) is 2.17. The maximum atomic E-state index is 11.5. The van der Waals surface area contributed by atoms with Gasteiger partial charge in [-0.3, -0.25) is 4.79 Å². The summed E-state index contributed by atoms with van der Waals surface area (Å²) in [6.07, 6.45) is 0.429. The summed E-state index contributed by atoms with van der Waals surface area (Å²) in [5.41, 5.74) is 2.20. The van der Waals surface area contributed by atoms with Crippen molar-refractivity contribution in [1.82, 2.24) is 10.3 Å². The lowest BCUT2D eigenvalue weighted by molar-refractivity contribution is -0.121. The Hall–Kier alpha value is -1.66. The number of aryl methyl sites for hydroxylation is 1. The van der Waals surface area contributed by atoms with Crippen molar-refractivity contribution in [2.75, 3.05) is 32.1 Å². The molecular weight excluding hydrogens is 274 g/mol. The molecule has 0 aliphatic heterocycles. The maximum absolute atomic E-state index is 11.5. The molecule has 0 spiro atoms. The number of aromatic nitrogens is 1. The third kappa shape index (κ3) is 4.18. The van der Waals surface area contributed by atoms with Crippen molar-refractivity contribution in [2.45, 2.75) is 13.3 Å². The van der Waals surface area contributed by atoms with Gasteiger partial charge in [0.05, 0.1) is 16.8 Å². The van der Waals surface area contributed by atoms with Crippen molar-refractivity contribution in [3.05, 3.63) is 23.8 Å². The van der Waals surface area contributed by atoms with Gasteiger partial charge in [-0.15, -0.1) is 0 Å². The minimum absolute atomic E-state index is 0.0199. The van der Waals surface area contributed by atoms with Crippen molar-refractivity contribution in [2.24, 2.45) is 0 Å². The summed E-state index contributed by atoms with van der Waals surface area (Å²) in [4.78, 5) is 16.0. The highest BCUT2D eigenvalue weighted by molar-refractivity contribution is 7.22. The molecule has 2 N–H and O–H groups in total. The first kappa shape index (κ1) is 14.7. The number of rotatable bonds is 7. The summed E-state index contributed by atoms with van der Waals surface area (Å²) in [6, 6.07) is 6.22. The number of anilines is 1. The highest BCUT2D eigenvalue weighted by Gasteiger charge is 2.05. The molecule has 108 valence electrons. The first-order valence-electron chi connectivity index (χ1n) is 6.56. The Bertz CT molecular complexity index is 583. The third-order valence-electron chi connectivity index (χ3n) is 2.80. The number of methoxy groups -OCH3 is 1. The van der Waals surface area contributed by atoms with Crippen LogP contribution in [0.25, 0.3) is 10.2 Å². The lowest BCUT2D eigenvalue weighted by atomic mass is 10.2. The fraction of sp³-hybridized carbons (Fsp3) is 0.429. The second-order valence-electron chi connectivity index (χ2n) is 4.51. The fourth-order valence-corrected chi connectivity index (χ4v) is 2.65. The predicted molar refractivity (Wildman–Crippen MR) is 82.3 cm³/mol. The van der Waals surface area contributed by atoms with Crippen LogP contribution in [0.15, 0.2) is 18.2 Å². The molecule has 0 aliphatic carbocycles. The number of nitrogens with one attached hydrogen (secondary N) is 2. The van der Waals surface area contributed by atoms with E-state index in [1.165, 1.54) is 5.56 Å². The number of amides is 1. The molecule has 1 heterocycles. The molecule has 0 aliphatic rings. The molecule has 1 amide bonds. The Morgan fingerprint density at radius 1 is 1.40 bits per heavy atom. The van der Waals surface area contributed by atoms with Gasteiger partial charge in [0, 0.05) is 26.6 Å². The highest BCUT2D eigenvalue weighted by atomic mass is 32.1. The number of fused-ring (bicyclic) bond motifs is 1. The molecule has 2 aromatic rings. The van der Waals surface area contributed by atoms with Gasteiger partial charge >= 0.3 is 0 Å². The van der Waals surface area contributed by atoms with Gasteiger partial charge in [0.25, 0.3) is 0 Å². The van der Waals surface area contributed by atoms with Gasteiger partial charge in [0.1, 0.15) is 0 Å². The normalized spacial score (nSPS) is 10.7. The molecule has 1 aromatic heterocycles. The van der Waals surface area contributed by atoms with Gasteiger partial charge in [-0.25, -0.2) is 4.98 Å². The van der Waals surface area contributed by atoms with E-state index in [2.05, 4.69) is 40.7 Å². The highest BCUT2D eigenvalue weighted by Crippen LogP contribution is 2.26. The van der Waals surface area contributed by atoms with Crippen LogP contribution < -0.4 is 10.6 Å². The molecule has 20 heavy (non-hydrogen) atoms. The van der Waals surface area contributed by atoms with Crippen LogP contribution in [0.2, 0.25) is 0 Å². The van der Waals surface area contributed by atoms with E-state index in [0.717, 1.165) is 15.3 Å². The van der Waals surface area contributed by atoms with Crippen LogP contribution in [-0.4, -0.2) is 37.7 Å². The summed E-state index contributed by atoms with van der Waals surface area (Å²) in [7, 11) is 1.61. The minimum atomic E-state index is 0.0199. The van der Waals surface area contributed by atoms with E-state index in [0.29, 0.717) is 26.1 Å². The van der Waals surface area contributed by atoms with Crippen LogP contribution in [0.1, 0.15) is 12.0 Å².